The zero-order valence-corrected chi connectivity index (χ0v) is 24.3. The Labute approximate surface area is 243 Å². The normalized spacial score (nSPS) is 11.1. The summed E-state index contributed by atoms with van der Waals surface area (Å²) in [6.45, 7) is 4.60. The molecule has 0 unspecified atom stereocenters. The second kappa shape index (κ2) is 12.7. The highest BCUT2D eigenvalue weighted by molar-refractivity contribution is 7.21. The van der Waals surface area contributed by atoms with Crippen LogP contribution in [0.4, 0.5) is 0 Å². The second-order valence-electron chi connectivity index (χ2n) is 9.44. The average Bonchev–Trinajstić information content (AvgIpc) is 3.44. The van der Waals surface area contributed by atoms with Crippen LogP contribution in [0.15, 0.2) is 84.9 Å². The third-order valence-electron chi connectivity index (χ3n) is 6.72. The minimum atomic E-state index is -0.105. The Morgan fingerprint density at radius 1 is 0.829 bits per heavy atom. The van der Waals surface area contributed by atoms with Gasteiger partial charge in [-0.1, -0.05) is 36.4 Å². The number of aryl methyl sites for hydroxylation is 1. The molecular formula is C34H31NO5S. The number of nitrogens with zero attached hydrogens (tertiary/aromatic N) is 1. The van der Waals surface area contributed by atoms with E-state index in [1.54, 1.807) is 43.8 Å². The third kappa shape index (κ3) is 6.58. The Morgan fingerprint density at radius 2 is 1.63 bits per heavy atom. The van der Waals surface area contributed by atoms with Crippen LogP contribution in [0.1, 0.15) is 27.0 Å². The smallest absolute Gasteiger partial charge is 0.185 e. The van der Waals surface area contributed by atoms with E-state index in [9.17, 15) is 4.79 Å². The molecule has 6 nitrogen and oxygen atoms in total. The van der Waals surface area contributed by atoms with Crippen LogP contribution in [0.2, 0.25) is 0 Å². The first-order valence-electron chi connectivity index (χ1n) is 13.2. The molecule has 5 rings (SSSR count). The first-order chi connectivity index (χ1) is 19.9. The van der Waals surface area contributed by atoms with Gasteiger partial charge in [0.05, 0.1) is 24.4 Å². The van der Waals surface area contributed by atoms with E-state index in [1.807, 2.05) is 80.6 Å². The molecule has 0 atom stereocenters. The lowest BCUT2D eigenvalue weighted by Gasteiger charge is -2.12. The van der Waals surface area contributed by atoms with Crippen LogP contribution < -0.4 is 18.9 Å². The molecule has 0 aliphatic carbocycles. The van der Waals surface area contributed by atoms with E-state index in [0.717, 1.165) is 43.2 Å². The minimum Gasteiger partial charge on any atom is -0.496 e. The predicted octanol–water partition coefficient (Wildman–Crippen LogP) is 7.95. The summed E-state index contributed by atoms with van der Waals surface area (Å²) >= 11 is 1.66. The number of carbonyl (C=O) groups excluding carboxylic acids is 1. The highest BCUT2D eigenvalue weighted by Crippen LogP contribution is 2.32. The number of thiazole rings is 1. The standard InChI is InChI=1S/C34H31NO5S/c1-22-18-26(21-31(38-4)23(22)2)29(36)14-12-24-13-15-30(37-3)32(19-24)40-17-16-39-27-9-7-8-25(20-27)34-35-28-10-5-6-11-33(28)41-34/h5-15,18-21H,16-17H2,1-4H3/b14-12+. The van der Waals surface area contributed by atoms with E-state index < -0.39 is 0 Å². The van der Waals surface area contributed by atoms with Crippen molar-refractivity contribution in [3.8, 4) is 33.6 Å². The van der Waals surface area contributed by atoms with Crippen molar-refractivity contribution in [2.24, 2.45) is 0 Å². The zero-order valence-electron chi connectivity index (χ0n) is 23.5. The minimum absolute atomic E-state index is 0.105. The SMILES string of the molecule is COc1ccc(/C=C/C(=O)c2cc(C)c(C)c(OC)c2)cc1OCCOc1cccc(-c2nc3ccccc3s2)c1. The van der Waals surface area contributed by atoms with Gasteiger partial charge in [0.1, 0.15) is 29.7 Å². The van der Waals surface area contributed by atoms with Gasteiger partial charge >= 0.3 is 0 Å². The summed E-state index contributed by atoms with van der Waals surface area (Å²) < 4.78 is 24.0. The quantitative estimate of drug-likeness (QED) is 0.0920. The van der Waals surface area contributed by atoms with E-state index >= 15 is 0 Å². The fourth-order valence-electron chi connectivity index (χ4n) is 4.38. The van der Waals surface area contributed by atoms with E-state index in [-0.39, 0.29) is 5.78 Å². The van der Waals surface area contributed by atoms with Crippen LogP contribution in [0.25, 0.3) is 26.9 Å². The number of para-hydroxylation sites is 1. The number of fused-ring (bicyclic) bond motifs is 1. The monoisotopic (exact) mass is 565 g/mol. The Hall–Kier alpha value is -4.62. The summed E-state index contributed by atoms with van der Waals surface area (Å²) in [5, 5.41) is 0.956. The van der Waals surface area contributed by atoms with Crippen molar-refractivity contribution in [1.82, 2.24) is 4.98 Å². The molecule has 0 aliphatic heterocycles. The first kappa shape index (κ1) is 27.9. The third-order valence-corrected chi connectivity index (χ3v) is 7.81. The number of hydrogen-bond acceptors (Lipinski definition) is 7. The van der Waals surface area contributed by atoms with Gasteiger partial charge in [-0.2, -0.15) is 0 Å². The van der Waals surface area contributed by atoms with Gasteiger partial charge in [-0.25, -0.2) is 4.98 Å². The van der Waals surface area contributed by atoms with Crippen LogP contribution in [0, 0.1) is 13.8 Å². The van der Waals surface area contributed by atoms with E-state index in [1.165, 1.54) is 0 Å². The predicted molar refractivity (Wildman–Crippen MR) is 165 cm³/mol. The van der Waals surface area contributed by atoms with Crippen molar-refractivity contribution in [3.05, 3.63) is 107 Å². The summed E-state index contributed by atoms with van der Waals surface area (Å²) in [6, 6.07) is 25.2. The summed E-state index contributed by atoms with van der Waals surface area (Å²) in [5.74, 6) is 2.52. The van der Waals surface area contributed by atoms with Crippen molar-refractivity contribution in [3.63, 3.8) is 0 Å². The van der Waals surface area contributed by atoms with Crippen molar-refractivity contribution in [2.45, 2.75) is 13.8 Å². The number of ether oxygens (including phenoxy) is 4. The summed E-state index contributed by atoms with van der Waals surface area (Å²) in [7, 11) is 3.20. The molecule has 0 radical (unpaired) electrons. The maximum absolute atomic E-state index is 12.8. The highest BCUT2D eigenvalue weighted by Gasteiger charge is 2.11. The molecule has 5 aromatic rings. The van der Waals surface area contributed by atoms with Crippen molar-refractivity contribution < 1.29 is 23.7 Å². The second-order valence-corrected chi connectivity index (χ2v) is 10.5. The molecule has 4 aromatic carbocycles. The van der Waals surface area contributed by atoms with Crippen LogP contribution >= 0.6 is 11.3 Å². The number of carbonyl (C=O) groups is 1. The lowest BCUT2D eigenvalue weighted by atomic mass is 10.0. The van der Waals surface area contributed by atoms with E-state index in [4.69, 9.17) is 23.9 Å². The molecule has 1 heterocycles. The van der Waals surface area contributed by atoms with Gasteiger partial charge in [0.25, 0.3) is 0 Å². The summed E-state index contributed by atoms with van der Waals surface area (Å²) in [5.41, 5.74) is 5.43. The first-order valence-corrected chi connectivity index (χ1v) is 14.0. The molecule has 41 heavy (non-hydrogen) atoms. The van der Waals surface area contributed by atoms with Crippen molar-refractivity contribution in [1.29, 1.82) is 0 Å². The van der Waals surface area contributed by atoms with Crippen LogP contribution in [-0.4, -0.2) is 38.2 Å². The molecule has 0 fully saturated rings. The molecule has 0 N–H and O–H groups in total. The largest absolute Gasteiger partial charge is 0.496 e. The van der Waals surface area contributed by atoms with Gasteiger partial charge in [-0.05, 0) is 85.1 Å². The lowest BCUT2D eigenvalue weighted by molar-refractivity contribution is 0.104. The number of allylic oxidation sites excluding steroid dienone is 1. The maximum Gasteiger partial charge on any atom is 0.185 e. The van der Waals surface area contributed by atoms with Gasteiger partial charge in [-0.15, -0.1) is 11.3 Å². The number of aromatic nitrogens is 1. The fraction of sp³-hybridized carbons (Fsp3) is 0.176. The van der Waals surface area contributed by atoms with Crippen LogP contribution in [-0.2, 0) is 0 Å². The molecule has 0 saturated heterocycles. The topological polar surface area (TPSA) is 66.9 Å². The Kier molecular flexibility index (Phi) is 8.65. The Bertz CT molecular complexity index is 1690. The Morgan fingerprint density at radius 3 is 2.44 bits per heavy atom. The van der Waals surface area contributed by atoms with Crippen LogP contribution in [0.3, 0.4) is 0 Å². The number of rotatable bonds is 11. The molecule has 0 amide bonds. The summed E-state index contributed by atoms with van der Waals surface area (Å²) in [4.78, 5) is 17.6. The van der Waals surface area contributed by atoms with Gasteiger partial charge in [0, 0.05) is 11.1 Å². The van der Waals surface area contributed by atoms with Crippen molar-refractivity contribution in [2.75, 3.05) is 27.4 Å². The zero-order chi connectivity index (χ0) is 28.8. The number of methoxy groups -OCH3 is 2. The maximum atomic E-state index is 12.8. The summed E-state index contributed by atoms with van der Waals surface area (Å²) in [6.07, 6.45) is 3.32. The Balaban J connectivity index is 1.21. The fourth-order valence-corrected chi connectivity index (χ4v) is 5.35. The molecule has 1 aromatic heterocycles. The highest BCUT2D eigenvalue weighted by atomic mass is 32.1. The molecule has 0 bridgehead atoms. The van der Waals surface area contributed by atoms with Crippen molar-refractivity contribution >= 4 is 33.4 Å². The lowest BCUT2D eigenvalue weighted by Crippen LogP contribution is -2.09. The molecule has 0 spiro atoms. The molecule has 208 valence electrons. The average molecular weight is 566 g/mol. The molecule has 7 heteroatoms. The van der Waals surface area contributed by atoms with Gasteiger partial charge in [0.15, 0.2) is 17.3 Å². The molecular weight excluding hydrogens is 534 g/mol. The number of ketones is 1. The van der Waals surface area contributed by atoms with Crippen LogP contribution in [0.5, 0.6) is 23.0 Å². The molecule has 0 saturated carbocycles. The van der Waals surface area contributed by atoms with Gasteiger partial charge in [-0.3, -0.25) is 4.79 Å². The number of benzene rings is 4. The molecule has 0 aliphatic rings. The van der Waals surface area contributed by atoms with E-state index in [2.05, 4.69) is 6.07 Å². The van der Waals surface area contributed by atoms with Gasteiger partial charge in [0.2, 0.25) is 0 Å². The number of hydrogen-bond donors (Lipinski definition) is 0. The van der Waals surface area contributed by atoms with E-state index in [0.29, 0.717) is 36.0 Å². The van der Waals surface area contributed by atoms with Gasteiger partial charge < -0.3 is 18.9 Å².